The second-order valence-electron chi connectivity index (χ2n) is 5.56. The van der Waals surface area contributed by atoms with Gasteiger partial charge in [0.25, 0.3) is 0 Å². The first-order chi connectivity index (χ1) is 10.2. The maximum absolute atomic E-state index is 7.62. The second kappa shape index (κ2) is 6.06. The number of pyridine rings is 1. The van der Waals surface area contributed by atoms with E-state index in [-0.39, 0.29) is 5.84 Å². The first kappa shape index (κ1) is 13.8. The number of hydrogen-bond donors (Lipinski definition) is 2. The fourth-order valence-electron chi connectivity index (χ4n) is 3.02. The molecule has 3 rings (SSSR count). The molecule has 0 aliphatic carbocycles. The van der Waals surface area contributed by atoms with Crippen LogP contribution in [-0.4, -0.2) is 28.8 Å². The average Bonchev–Trinajstić information content (AvgIpc) is 2.97. The van der Waals surface area contributed by atoms with Crippen LogP contribution in [0.1, 0.15) is 29.2 Å². The van der Waals surface area contributed by atoms with Crippen LogP contribution in [0, 0.1) is 5.41 Å². The van der Waals surface area contributed by atoms with Gasteiger partial charge in [-0.1, -0.05) is 36.4 Å². The molecule has 21 heavy (non-hydrogen) atoms. The maximum atomic E-state index is 7.62. The summed E-state index contributed by atoms with van der Waals surface area (Å²) >= 11 is 0. The van der Waals surface area contributed by atoms with Crippen LogP contribution in [0.3, 0.4) is 0 Å². The second-order valence-corrected chi connectivity index (χ2v) is 5.56. The molecule has 0 bridgehead atoms. The van der Waals surface area contributed by atoms with E-state index in [9.17, 15) is 0 Å². The zero-order chi connectivity index (χ0) is 14.7. The monoisotopic (exact) mass is 280 g/mol. The lowest BCUT2D eigenvalue weighted by atomic mass is 9.99. The van der Waals surface area contributed by atoms with E-state index in [1.165, 1.54) is 12.0 Å². The van der Waals surface area contributed by atoms with Crippen molar-refractivity contribution in [2.45, 2.75) is 18.9 Å². The number of rotatable bonds is 4. The van der Waals surface area contributed by atoms with Gasteiger partial charge in [0.2, 0.25) is 0 Å². The summed E-state index contributed by atoms with van der Waals surface area (Å²) < 4.78 is 0. The molecule has 4 heteroatoms. The molecular weight excluding hydrogens is 260 g/mol. The molecule has 2 heterocycles. The molecule has 1 aromatic heterocycles. The van der Waals surface area contributed by atoms with Crippen LogP contribution in [-0.2, 0) is 6.54 Å². The molecule has 0 spiro atoms. The van der Waals surface area contributed by atoms with Gasteiger partial charge in [0.1, 0.15) is 11.5 Å². The highest BCUT2D eigenvalue weighted by atomic mass is 15.1. The number of amidine groups is 1. The van der Waals surface area contributed by atoms with Gasteiger partial charge in [-0.05, 0) is 36.1 Å². The Hall–Kier alpha value is -2.20. The molecule has 0 amide bonds. The molecule has 1 saturated heterocycles. The molecular formula is C17H20N4. The van der Waals surface area contributed by atoms with E-state index >= 15 is 0 Å². The van der Waals surface area contributed by atoms with E-state index < -0.39 is 0 Å². The molecule has 1 aliphatic heterocycles. The molecule has 0 radical (unpaired) electrons. The molecule has 1 unspecified atom stereocenters. The zero-order valence-corrected chi connectivity index (χ0v) is 12.0. The lowest BCUT2D eigenvalue weighted by Gasteiger charge is -2.17. The minimum Gasteiger partial charge on any atom is -0.382 e. The standard InChI is InChI=1S/C17H20N4/c18-17(19)16-15(7-4-9-20-16)12-21-10-8-14(11-21)13-5-2-1-3-6-13/h1-7,9,14H,8,10-12H2,(H3,18,19). The van der Waals surface area contributed by atoms with E-state index in [1.807, 2.05) is 12.1 Å². The van der Waals surface area contributed by atoms with Crippen molar-refractivity contribution < 1.29 is 0 Å². The van der Waals surface area contributed by atoms with E-state index in [1.54, 1.807) is 6.20 Å². The van der Waals surface area contributed by atoms with Crippen molar-refractivity contribution in [2.24, 2.45) is 5.73 Å². The normalized spacial score (nSPS) is 18.8. The highest BCUT2D eigenvalue weighted by Crippen LogP contribution is 2.28. The first-order valence-corrected chi connectivity index (χ1v) is 7.29. The van der Waals surface area contributed by atoms with E-state index in [0.29, 0.717) is 11.6 Å². The Bertz CT molecular complexity index is 624. The van der Waals surface area contributed by atoms with Crippen LogP contribution in [0.15, 0.2) is 48.7 Å². The predicted octanol–water partition coefficient (Wildman–Crippen LogP) is 2.36. The van der Waals surface area contributed by atoms with Crippen molar-refractivity contribution >= 4 is 5.84 Å². The molecule has 1 aromatic carbocycles. The molecule has 1 atom stereocenters. The molecule has 1 aliphatic rings. The smallest absolute Gasteiger partial charge is 0.142 e. The Morgan fingerprint density at radius 1 is 1.24 bits per heavy atom. The van der Waals surface area contributed by atoms with E-state index in [2.05, 4.69) is 40.2 Å². The summed E-state index contributed by atoms with van der Waals surface area (Å²) in [5, 5.41) is 7.62. The van der Waals surface area contributed by atoms with Gasteiger partial charge in [-0.2, -0.15) is 0 Å². The molecule has 3 N–H and O–H groups in total. The number of nitrogens with two attached hydrogens (primary N) is 1. The molecule has 2 aromatic rings. The molecule has 1 fully saturated rings. The Morgan fingerprint density at radius 3 is 2.81 bits per heavy atom. The van der Waals surface area contributed by atoms with Crippen molar-refractivity contribution in [3.05, 3.63) is 65.5 Å². The minimum absolute atomic E-state index is 0.0457. The third kappa shape index (κ3) is 3.11. The van der Waals surface area contributed by atoms with Crippen molar-refractivity contribution in [2.75, 3.05) is 13.1 Å². The van der Waals surface area contributed by atoms with E-state index in [4.69, 9.17) is 11.1 Å². The number of hydrogen-bond acceptors (Lipinski definition) is 3. The summed E-state index contributed by atoms with van der Waals surface area (Å²) in [6.07, 6.45) is 2.87. The summed E-state index contributed by atoms with van der Waals surface area (Å²) in [6, 6.07) is 14.6. The van der Waals surface area contributed by atoms with E-state index in [0.717, 1.165) is 25.2 Å². The van der Waals surface area contributed by atoms with Crippen LogP contribution >= 0.6 is 0 Å². The lowest BCUT2D eigenvalue weighted by Crippen LogP contribution is -2.23. The zero-order valence-electron chi connectivity index (χ0n) is 12.0. The fourth-order valence-corrected chi connectivity index (χ4v) is 3.02. The summed E-state index contributed by atoms with van der Waals surface area (Å²) in [4.78, 5) is 6.64. The van der Waals surface area contributed by atoms with Gasteiger partial charge in [-0.25, -0.2) is 0 Å². The van der Waals surface area contributed by atoms with Crippen LogP contribution in [0.4, 0.5) is 0 Å². The fraction of sp³-hybridized carbons (Fsp3) is 0.294. The first-order valence-electron chi connectivity index (χ1n) is 7.29. The van der Waals surface area contributed by atoms with Gasteiger partial charge in [-0.15, -0.1) is 0 Å². The minimum atomic E-state index is 0.0457. The Labute approximate surface area is 125 Å². The number of nitrogens with one attached hydrogen (secondary N) is 1. The maximum Gasteiger partial charge on any atom is 0.142 e. The number of likely N-dealkylation sites (tertiary alicyclic amines) is 1. The molecule has 0 saturated carbocycles. The Balaban J connectivity index is 1.69. The summed E-state index contributed by atoms with van der Waals surface area (Å²) in [7, 11) is 0. The van der Waals surface area contributed by atoms with Crippen LogP contribution in [0.2, 0.25) is 0 Å². The van der Waals surface area contributed by atoms with Crippen LogP contribution in [0.5, 0.6) is 0 Å². The van der Waals surface area contributed by atoms with Gasteiger partial charge < -0.3 is 5.73 Å². The Kier molecular flexibility index (Phi) is 3.97. The molecule has 4 nitrogen and oxygen atoms in total. The topological polar surface area (TPSA) is 66.0 Å². The van der Waals surface area contributed by atoms with Crippen molar-refractivity contribution in [1.82, 2.24) is 9.88 Å². The Morgan fingerprint density at radius 2 is 2.05 bits per heavy atom. The largest absolute Gasteiger partial charge is 0.382 e. The van der Waals surface area contributed by atoms with Gasteiger partial charge in [0, 0.05) is 19.3 Å². The highest BCUT2D eigenvalue weighted by Gasteiger charge is 2.24. The van der Waals surface area contributed by atoms with Gasteiger partial charge in [-0.3, -0.25) is 15.3 Å². The summed E-state index contributed by atoms with van der Waals surface area (Å²) in [5.41, 5.74) is 8.68. The summed E-state index contributed by atoms with van der Waals surface area (Å²) in [6.45, 7) is 2.94. The third-order valence-electron chi connectivity index (χ3n) is 4.08. The third-order valence-corrected chi connectivity index (χ3v) is 4.08. The number of nitrogen functional groups attached to an aromatic ring is 1. The number of aromatic nitrogens is 1. The summed E-state index contributed by atoms with van der Waals surface area (Å²) in [5.74, 6) is 0.646. The van der Waals surface area contributed by atoms with Crippen molar-refractivity contribution in [1.29, 1.82) is 5.41 Å². The predicted molar refractivity (Wildman–Crippen MR) is 84.3 cm³/mol. The van der Waals surface area contributed by atoms with Crippen molar-refractivity contribution in [3.63, 3.8) is 0 Å². The highest BCUT2D eigenvalue weighted by molar-refractivity contribution is 5.94. The van der Waals surface area contributed by atoms with Gasteiger partial charge in [0.05, 0.1) is 0 Å². The quantitative estimate of drug-likeness (QED) is 0.667. The molecule has 108 valence electrons. The number of benzene rings is 1. The van der Waals surface area contributed by atoms with Gasteiger partial charge in [0.15, 0.2) is 0 Å². The van der Waals surface area contributed by atoms with Gasteiger partial charge >= 0.3 is 0 Å². The lowest BCUT2D eigenvalue weighted by molar-refractivity contribution is 0.326. The van der Waals surface area contributed by atoms with Crippen LogP contribution < -0.4 is 5.73 Å². The van der Waals surface area contributed by atoms with Crippen molar-refractivity contribution in [3.8, 4) is 0 Å². The SMILES string of the molecule is N=C(N)c1ncccc1CN1CCC(c2ccccc2)C1. The van der Waals surface area contributed by atoms with Crippen LogP contribution in [0.25, 0.3) is 0 Å². The number of nitrogens with zero attached hydrogens (tertiary/aromatic N) is 2. The average molecular weight is 280 g/mol.